The van der Waals surface area contributed by atoms with E-state index in [1.165, 1.54) is 6.92 Å². The normalized spacial score (nSPS) is 34.5. The zero-order valence-electron chi connectivity index (χ0n) is 10.5. The van der Waals surface area contributed by atoms with Crippen molar-refractivity contribution >= 4 is 5.97 Å². The summed E-state index contributed by atoms with van der Waals surface area (Å²) in [6, 6.07) is 0. The molecule has 1 fully saturated rings. The molecule has 0 aromatic rings. The van der Waals surface area contributed by atoms with Crippen LogP contribution in [-0.2, 0) is 9.53 Å². The van der Waals surface area contributed by atoms with Gasteiger partial charge < -0.3 is 9.84 Å². The van der Waals surface area contributed by atoms with Crippen molar-refractivity contribution in [3.8, 4) is 0 Å². The average molecular weight is 250 g/mol. The number of carbonyl (C=O) groups excluding carboxylic acids is 1. The second-order valence-corrected chi connectivity index (χ2v) is 5.00. The van der Waals surface area contributed by atoms with Crippen LogP contribution in [0.25, 0.3) is 0 Å². The predicted molar refractivity (Wildman–Crippen MR) is 58.7 cm³/mol. The van der Waals surface area contributed by atoms with Crippen molar-refractivity contribution in [1.29, 1.82) is 0 Å². The van der Waals surface area contributed by atoms with Crippen LogP contribution < -0.4 is 0 Å². The van der Waals surface area contributed by atoms with Crippen molar-refractivity contribution in [2.45, 2.75) is 51.6 Å². The van der Waals surface area contributed by atoms with Gasteiger partial charge in [0.2, 0.25) is 0 Å². The third kappa shape index (κ3) is 2.44. The Kier molecular flexibility index (Phi) is 4.12. The van der Waals surface area contributed by atoms with E-state index in [0.29, 0.717) is 18.8 Å². The highest BCUT2D eigenvalue weighted by molar-refractivity contribution is 5.79. The highest BCUT2D eigenvalue weighted by atomic mass is 19.3. The number of halogens is 2. The topological polar surface area (TPSA) is 46.5 Å². The first kappa shape index (κ1) is 14.4. The smallest absolute Gasteiger partial charge is 0.380 e. The molecule has 0 radical (unpaired) electrons. The van der Waals surface area contributed by atoms with E-state index in [1.807, 2.05) is 6.92 Å². The monoisotopic (exact) mass is 250 g/mol. The van der Waals surface area contributed by atoms with Gasteiger partial charge in [0.15, 0.2) is 0 Å². The molecule has 0 amide bonds. The summed E-state index contributed by atoms with van der Waals surface area (Å²) in [5, 5.41) is 10.1. The Hall–Kier alpha value is -0.710. The first-order chi connectivity index (χ1) is 7.75. The van der Waals surface area contributed by atoms with E-state index in [-0.39, 0.29) is 13.0 Å². The van der Waals surface area contributed by atoms with Crippen LogP contribution in [0.1, 0.15) is 40.0 Å². The first-order valence-corrected chi connectivity index (χ1v) is 6.03. The molecule has 5 heteroatoms. The summed E-state index contributed by atoms with van der Waals surface area (Å²) in [6.07, 6.45) is 0.919. The van der Waals surface area contributed by atoms with Gasteiger partial charge in [-0.1, -0.05) is 13.8 Å². The molecule has 1 saturated carbocycles. The van der Waals surface area contributed by atoms with Crippen LogP contribution in [0, 0.1) is 11.8 Å². The number of alkyl halides is 2. The van der Waals surface area contributed by atoms with Gasteiger partial charge in [0.1, 0.15) is 5.60 Å². The molecule has 0 heterocycles. The summed E-state index contributed by atoms with van der Waals surface area (Å²) in [4.78, 5) is 11.3. The maximum atomic E-state index is 13.9. The van der Waals surface area contributed by atoms with Gasteiger partial charge in [-0.2, -0.15) is 8.78 Å². The zero-order chi connectivity index (χ0) is 13.3. The molecule has 17 heavy (non-hydrogen) atoms. The van der Waals surface area contributed by atoms with E-state index in [2.05, 4.69) is 4.74 Å². The minimum absolute atomic E-state index is 0.0683. The Morgan fingerprint density at radius 1 is 1.53 bits per heavy atom. The molecule has 1 aliphatic rings. The quantitative estimate of drug-likeness (QED) is 0.782. The molecule has 1 aliphatic carbocycles. The zero-order valence-corrected chi connectivity index (χ0v) is 10.5. The second-order valence-electron chi connectivity index (χ2n) is 5.00. The van der Waals surface area contributed by atoms with Gasteiger partial charge in [-0.15, -0.1) is 0 Å². The largest absolute Gasteiger partial charge is 0.461 e. The summed E-state index contributed by atoms with van der Waals surface area (Å²) in [5.74, 6) is -5.78. The maximum Gasteiger partial charge on any atom is 0.380 e. The molecule has 3 unspecified atom stereocenters. The van der Waals surface area contributed by atoms with Gasteiger partial charge in [0.05, 0.1) is 6.61 Å². The minimum Gasteiger partial charge on any atom is -0.461 e. The highest BCUT2D eigenvalue weighted by Crippen LogP contribution is 2.46. The fraction of sp³-hybridized carbons (Fsp3) is 0.917. The number of aliphatic hydroxyl groups is 1. The van der Waals surface area contributed by atoms with Crippen LogP contribution in [0.2, 0.25) is 0 Å². The summed E-state index contributed by atoms with van der Waals surface area (Å²) in [7, 11) is 0. The molecule has 1 rings (SSSR count). The maximum absolute atomic E-state index is 13.9. The summed E-state index contributed by atoms with van der Waals surface area (Å²) >= 11 is 0. The highest BCUT2D eigenvalue weighted by Gasteiger charge is 2.62. The number of ether oxygens (including phenoxy) is 1. The van der Waals surface area contributed by atoms with Crippen LogP contribution in [0.5, 0.6) is 0 Å². The molecule has 1 N–H and O–H groups in total. The van der Waals surface area contributed by atoms with E-state index < -0.39 is 23.4 Å². The predicted octanol–water partition coefficient (Wildman–Crippen LogP) is 2.37. The fourth-order valence-electron chi connectivity index (χ4n) is 2.49. The van der Waals surface area contributed by atoms with E-state index >= 15 is 0 Å². The van der Waals surface area contributed by atoms with E-state index in [9.17, 15) is 18.7 Å². The molecule has 0 saturated heterocycles. The lowest BCUT2D eigenvalue weighted by Crippen LogP contribution is -2.59. The molecule has 0 aromatic heterocycles. The first-order valence-electron chi connectivity index (χ1n) is 6.03. The number of hydrogen-bond acceptors (Lipinski definition) is 3. The molecular formula is C12H20F2O3. The van der Waals surface area contributed by atoms with Gasteiger partial charge >= 0.3 is 11.9 Å². The Morgan fingerprint density at radius 2 is 2.12 bits per heavy atom. The third-order valence-corrected chi connectivity index (χ3v) is 3.66. The van der Waals surface area contributed by atoms with Gasteiger partial charge in [0.25, 0.3) is 0 Å². The van der Waals surface area contributed by atoms with Crippen molar-refractivity contribution in [3.63, 3.8) is 0 Å². The summed E-state index contributed by atoms with van der Waals surface area (Å²) < 4.78 is 32.2. The van der Waals surface area contributed by atoms with Crippen molar-refractivity contribution in [3.05, 3.63) is 0 Å². The number of rotatable bonds is 3. The number of esters is 1. The number of carbonyl (C=O) groups is 1. The Morgan fingerprint density at radius 3 is 2.59 bits per heavy atom. The molecule has 3 atom stereocenters. The van der Waals surface area contributed by atoms with Gasteiger partial charge in [-0.3, -0.25) is 0 Å². The lowest BCUT2D eigenvalue weighted by Gasteiger charge is -2.43. The van der Waals surface area contributed by atoms with Crippen molar-refractivity contribution < 1.29 is 23.4 Å². The SMILES string of the molecule is CCOC(=O)C(F)(F)C1(O)CCC(C)CC1C. The summed E-state index contributed by atoms with van der Waals surface area (Å²) in [5.41, 5.74) is -2.27. The average Bonchev–Trinajstić information content (AvgIpc) is 2.24. The second kappa shape index (κ2) is 4.88. The summed E-state index contributed by atoms with van der Waals surface area (Å²) in [6.45, 7) is 4.86. The molecule has 0 spiro atoms. The molecule has 0 aromatic carbocycles. The Balaban J connectivity index is 2.91. The standard InChI is InChI=1S/C12H20F2O3/c1-4-17-10(15)12(13,14)11(16)6-5-8(2)7-9(11)3/h8-9,16H,4-7H2,1-3H3. The molecule has 0 bridgehead atoms. The van der Waals surface area contributed by atoms with Crippen LogP contribution in [-0.4, -0.2) is 29.2 Å². The molecule has 100 valence electrons. The molecular weight excluding hydrogens is 230 g/mol. The van der Waals surface area contributed by atoms with Crippen molar-refractivity contribution in [1.82, 2.24) is 0 Å². The van der Waals surface area contributed by atoms with Crippen LogP contribution in [0.4, 0.5) is 8.78 Å². The Bertz CT molecular complexity index is 293. The van der Waals surface area contributed by atoms with E-state index in [1.54, 1.807) is 6.92 Å². The lowest BCUT2D eigenvalue weighted by atomic mass is 9.69. The number of hydrogen-bond donors (Lipinski definition) is 1. The minimum atomic E-state index is -3.83. The van der Waals surface area contributed by atoms with Crippen LogP contribution in [0.3, 0.4) is 0 Å². The van der Waals surface area contributed by atoms with Crippen molar-refractivity contribution in [2.75, 3.05) is 6.61 Å². The fourth-order valence-corrected chi connectivity index (χ4v) is 2.49. The molecule has 3 nitrogen and oxygen atoms in total. The molecule has 0 aliphatic heterocycles. The third-order valence-electron chi connectivity index (χ3n) is 3.66. The van der Waals surface area contributed by atoms with Gasteiger partial charge in [-0.25, -0.2) is 4.79 Å². The van der Waals surface area contributed by atoms with E-state index in [4.69, 9.17) is 0 Å². The van der Waals surface area contributed by atoms with Gasteiger partial charge in [0, 0.05) is 0 Å². The van der Waals surface area contributed by atoms with E-state index in [0.717, 1.165) is 0 Å². The Labute approximate surface area is 100 Å². The lowest BCUT2D eigenvalue weighted by molar-refractivity contribution is -0.235. The van der Waals surface area contributed by atoms with Crippen molar-refractivity contribution in [2.24, 2.45) is 11.8 Å². The van der Waals surface area contributed by atoms with Gasteiger partial charge in [-0.05, 0) is 38.0 Å². The van der Waals surface area contributed by atoms with Crippen LogP contribution >= 0.6 is 0 Å². The van der Waals surface area contributed by atoms with Crippen LogP contribution in [0.15, 0.2) is 0 Å².